The molecule has 0 aromatic heterocycles. The summed E-state index contributed by atoms with van der Waals surface area (Å²) >= 11 is 1.46. The van der Waals surface area contributed by atoms with Gasteiger partial charge in [0.15, 0.2) is 0 Å². The number of fused-ring (bicyclic) bond motifs is 3. The normalized spacial score (nSPS) is 22.6. The summed E-state index contributed by atoms with van der Waals surface area (Å²) < 4.78 is 1.42. The van der Waals surface area contributed by atoms with Gasteiger partial charge < -0.3 is 24.8 Å². The van der Waals surface area contributed by atoms with E-state index in [-0.39, 0.29) is 35.6 Å². The van der Waals surface area contributed by atoms with Crippen LogP contribution in [0.25, 0.3) is 11.1 Å². The fraction of sp³-hybridized carbons (Fsp3) is 0.434. The van der Waals surface area contributed by atoms with E-state index in [0.29, 0.717) is 5.41 Å². The molecule has 0 spiro atoms. The molecular weight excluding hydrogens is 799 g/mol. The third-order valence-electron chi connectivity index (χ3n) is 13.6. The zero-order valence-electron chi connectivity index (χ0n) is 35.5. The van der Waals surface area contributed by atoms with Crippen LogP contribution in [-0.2, 0) is 46.9 Å². The second-order valence-electron chi connectivity index (χ2n) is 19.6. The topological polar surface area (TPSA) is 0 Å². The molecule has 0 saturated heterocycles. The summed E-state index contributed by atoms with van der Waals surface area (Å²) in [6, 6.07) is 39.2. The SMILES string of the molecule is Cc1[c-]c2c(cc1C(C)(C)C)-c1cc(C(C)(C)C)c(C)cc1C2.Cc1cc(C2(C)C3CC4CC(C3)CC2C4)c[cH-]1.[Cl-].[Cl-].[Zr+2]=[C](c1ccccc1)c1ccccc1. The molecule has 5 aromatic rings. The molecule has 5 aliphatic rings. The number of hydrogen-bond donors (Lipinski definition) is 0. The van der Waals surface area contributed by atoms with Crippen molar-refractivity contribution in [2.24, 2.45) is 23.7 Å². The zero-order valence-corrected chi connectivity index (χ0v) is 39.5. The van der Waals surface area contributed by atoms with Crippen LogP contribution < -0.4 is 24.8 Å². The molecular formula is C53H62Cl2Zr-2. The van der Waals surface area contributed by atoms with Gasteiger partial charge in [-0.25, -0.2) is 6.07 Å². The Bertz CT molecular complexity index is 1990. The van der Waals surface area contributed by atoms with E-state index >= 15 is 0 Å². The first-order chi connectivity index (χ1) is 25.5. The third kappa shape index (κ3) is 9.07. The average molecular weight is 861 g/mol. The summed E-state index contributed by atoms with van der Waals surface area (Å²) in [5.41, 5.74) is 17.9. The fourth-order valence-corrected chi connectivity index (χ4v) is 11.8. The van der Waals surface area contributed by atoms with E-state index in [1.807, 2.05) is 0 Å². The van der Waals surface area contributed by atoms with Crippen LogP contribution >= 0.6 is 0 Å². The predicted molar refractivity (Wildman–Crippen MR) is 228 cm³/mol. The Morgan fingerprint density at radius 1 is 0.679 bits per heavy atom. The van der Waals surface area contributed by atoms with Crippen molar-refractivity contribution in [2.45, 2.75) is 124 Å². The van der Waals surface area contributed by atoms with E-state index in [2.05, 4.69) is 172 Å². The van der Waals surface area contributed by atoms with Crippen LogP contribution in [0.1, 0.15) is 136 Å². The van der Waals surface area contributed by atoms with Crippen molar-refractivity contribution in [2.75, 3.05) is 0 Å². The van der Waals surface area contributed by atoms with Gasteiger partial charge >= 0.3 is 99.2 Å². The van der Waals surface area contributed by atoms with Gasteiger partial charge in [-0.05, 0) is 91.2 Å². The van der Waals surface area contributed by atoms with E-state index in [0.717, 1.165) is 30.1 Å². The Hall–Kier alpha value is -2.44. The van der Waals surface area contributed by atoms with Crippen molar-refractivity contribution in [3.05, 3.63) is 159 Å². The summed E-state index contributed by atoms with van der Waals surface area (Å²) in [5.74, 6) is 4.14. The van der Waals surface area contributed by atoms with Crippen molar-refractivity contribution >= 4 is 3.21 Å². The van der Waals surface area contributed by atoms with E-state index < -0.39 is 0 Å². The molecule has 56 heavy (non-hydrogen) atoms. The van der Waals surface area contributed by atoms with Crippen LogP contribution in [0.3, 0.4) is 0 Å². The maximum atomic E-state index is 3.69. The molecule has 5 aromatic carbocycles. The fourth-order valence-electron chi connectivity index (χ4n) is 10.9. The molecule has 10 rings (SSSR count). The molecule has 0 aliphatic heterocycles. The number of aryl methyl sites for hydroxylation is 3. The summed E-state index contributed by atoms with van der Waals surface area (Å²) in [4.78, 5) is 0. The summed E-state index contributed by atoms with van der Waals surface area (Å²) in [7, 11) is 0. The molecule has 0 amide bonds. The number of benzene rings is 4. The third-order valence-corrected chi connectivity index (χ3v) is 15.0. The Balaban J connectivity index is 0.000000163. The van der Waals surface area contributed by atoms with Crippen LogP contribution in [0.5, 0.6) is 0 Å². The number of halogens is 2. The Morgan fingerprint density at radius 3 is 1.64 bits per heavy atom. The molecule has 0 nitrogen and oxygen atoms in total. The minimum absolute atomic E-state index is 0. The molecule has 0 atom stereocenters. The van der Waals surface area contributed by atoms with E-state index in [1.54, 1.807) is 12.0 Å². The van der Waals surface area contributed by atoms with Crippen molar-refractivity contribution in [1.82, 2.24) is 0 Å². The molecule has 0 heterocycles. The van der Waals surface area contributed by atoms with Crippen molar-refractivity contribution in [3.8, 4) is 11.1 Å². The Labute approximate surface area is 367 Å². The van der Waals surface area contributed by atoms with E-state index in [1.165, 1.54) is 114 Å². The summed E-state index contributed by atoms with van der Waals surface area (Å²) in [6.45, 7) is 23.1. The molecule has 294 valence electrons. The van der Waals surface area contributed by atoms with E-state index in [9.17, 15) is 0 Å². The van der Waals surface area contributed by atoms with Gasteiger partial charge in [0.25, 0.3) is 0 Å². The number of rotatable bonds is 3. The summed E-state index contributed by atoms with van der Waals surface area (Å²) in [6.07, 6.45) is 8.67. The maximum absolute atomic E-state index is 3.69. The molecule has 5 aliphatic carbocycles. The Kier molecular flexibility index (Phi) is 13.9. The molecule has 4 saturated carbocycles. The van der Waals surface area contributed by atoms with Crippen LogP contribution in [0.4, 0.5) is 0 Å². The monoisotopic (exact) mass is 858 g/mol. The summed E-state index contributed by atoms with van der Waals surface area (Å²) in [5, 5.41) is 0. The second kappa shape index (κ2) is 17.4. The zero-order chi connectivity index (χ0) is 38.6. The first kappa shape index (κ1) is 44.7. The van der Waals surface area contributed by atoms with Gasteiger partial charge in [0.1, 0.15) is 0 Å². The first-order valence-corrected chi connectivity index (χ1v) is 21.9. The molecule has 4 bridgehead atoms. The Morgan fingerprint density at radius 2 is 1.18 bits per heavy atom. The van der Waals surface area contributed by atoms with Crippen LogP contribution in [0.2, 0.25) is 0 Å². The van der Waals surface area contributed by atoms with Crippen LogP contribution in [0, 0.1) is 50.5 Å². The molecule has 0 unspecified atom stereocenters. The van der Waals surface area contributed by atoms with Crippen molar-refractivity contribution < 1.29 is 49.0 Å². The number of hydrogen-bond acceptors (Lipinski definition) is 0. The first-order valence-electron chi connectivity index (χ1n) is 20.7. The molecule has 4 fully saturated rings. The van der Waals surface area contributed by atoms with Crippen LogP contribution in [-0.4, -0.2) is 3.21 Å². The van der Waals surface area contributed by atoms with Crippen LogP contribution in [0.15, 0.2) is 97.1 Å². The predicted octanol–water partition coefficient (Wildman–Crippen LogP) is 7.51. The molecule has 0 radical (unpaired) electrons. The van der Waals surface area contributed by atoms with Gasteiger partial charge in [0.2, 0.25) is 0 Å². The molecule has 0 N–H and O–H groups in total. The van der Waals surface area contributed by atoms with E-state index in [4.69, 9.17) is 0 Å². The average Bonchev–Trinajstić information content (AvgIpc) is 3.72. The van der Waals surface area contributed by atoms with Crippen molar-refractivity contribution in [3.63, 3.8) is 0 Å². The van der Waals surface area contributed by atoms with Gasteiger partial charge in [-0.1, -0.05) is 90.8 Å². The van der Waals surface area contributed by atoms with Gasteiger partial charge in [0.05, 0.1) is 0 Å². The van der Waals surface area contributed by atoms with Gasteiger partial charge in [-0.3, -0.25) is 0 Å². The molecule has 3 heteroatoms. The van der Waals surface area contributed by atoms with Gasteiger partial charge in [0, 0.05) is 0 Å². The van der Waals surface area contributed by atoms with Gasteiger partial charge in [-0.15, -0.1) is 16.7 Å². The standard InChI is InChI=1S/C23H29.C17H23.C13H10.2ClH.Zr/c1-14-9-16-11-17-10-15(2)21(23(6,7)8)13-19(17)18(16)12-20(14)22(3,4)5;1-11-3-4-14(5-11)17(2)15-7-12-6-13(9-15)10-16(17)8-12;1-3-7-12(8-4-1)11-13-9-5-2-6-10-13;;;/h9,12-13H,11H2,1-8H3;3-5,12-13,15-16H,6-10H2,1-2H3;1-10H;2*1H;/q2*-1;;;;+2/p-2. The van der Waals surface area contributed by atoms with Crippen molar-refractivity contribution in [1.29, 1.82) is 0 Å². The quantitative estimate of drug-likeness (QED) is 0.162. The second-order valence-corrected chi connectivity index (χ2v) is 20.8. The van der Waals surface area contributed by atoms with Gasteiger partial charge in [-0.2, -0.15) is 41.0 Å². The minimum atomic E-state index is 0.